The topological polar surface area (TPSA) is 68.0 Å². The first-order chi connectivity index (χ1) is 7.93. The van der Waals surface area contributed by atoms with Gasteiger partial charge in [0.05, 0.1) is 13.2 Å². The van der Waals surface area contributed by atoms with E-state index in [1.165, 1.54) is 0 Å². The summed E-state index contributed by atoms with van der Waals surface area (Å²) in [6.07, 6.45) is 0. The van der Waals surface area contributed by atoms with Crippen molar-refractivity contribution in [2.75, 3.05) is 47.1 Å². The van der Waals surface area contributed by atoms with Crippen LogP contribution in [0.1, 0.15) is 0 Å². The minimum atomic E-state index is -0.639. The molecule has 1 heterocycles. The lowest BCUT2D eigenvalue weighted by Gasteiger charge is -2.27. The van der Waals surface area contributed by atoms with Gasteiger partial charge in [0.1, 0.15) is 6.73 Å². The second-order valence-electron chi connectivity index (χ2n) is 3.50. The van der Waals surface area contributed by atoms with Crippen molar-refractivity contribution >= 4 is 35.3 Å². The van der Waals surface area contributed by atoms with Crippen molar-refractivity contribution in [3.05, 3.63) is 0 Å². The number of hydrogen-bond acceptors (Lipinski definition) is 5. The average molecular weight is 281 g/mol. The molecule has 1 saturated heterocycles. The largest absolute Gasteiger partial charge is 0.455 e. The van der Waals surface area contributed by atoms with Gasteiger partial charge in [-0.15, -0.1) is 0 Å². The smallest absolute Gasteiger partial charge is 0.273 e. The van der Waals surface area contributed by atoms with E-state index in [-0.39, 0.29) is 0 Å². The van der Waals surface area contributed by atoms with E-state index in [4.69, 9.17) is 26.5 Å². The van der Waals surface area contributed by atoms with Crippen LogP contribution in [0.4, 0.5) is 4.79 Å². The summed E-state index contributed by atoms with van der Waals surface area (Å²) in [5.41, 5.74) is 4.34. The van der Waals surface area contributed by atoms with Crippen molar-refractivity contribution in [3.8, 4) is 0 Å². The van der Waals surface area contributed by atoms with Gasteiger partial charge >= 0.3 is 0 Å². The molecule has 0 saturated carbocycles. The van der Waals surface area contributed by atoms with E-state index in [2.05, 4.69) is 23.3 Å². The first kappa shape index (κ1) is 16.4. The zero-order valence-corrected chi connectivity index (χ0v) is 11.8. The molecule has 0 bridgehead atoms. The second kappa shape index (κ2) is 9.46. The molecule has 0 aliphatic carbocycles. The molecule has 0 aromatic rings. The molecule has 0 unspecified atom stereocenters. The monoisotopic (exact) mass is 281 g/mol. The normalized spacial score (nSPS) is 15.5. The Morgan fingerprint density at radius 1 is 1.53 bits per heavy atom. The summed E-state index contributed by atoms with van der Waals surface area (Å²) < 4.78 is 10.6. The molecule has 0 atom stereocenters. The Balaban J connectivity index is 0.000000557. The lowest BCUT2D eigenvalue weighted by Crippen LogP contribution is -2.39. The molecule has 1 fully saturated rings. The van der Waals surface area contributed by atoms with Crippen LogP contribution in [0, 0.1) is 0 Å². The zero-order chi connectivity index (χ0) is 13.3. The minimum absolute atomic E-state index is 0.534. The predicted octanol–water partition coefficient (Wildman–Crippen LogP) is 0.134. The third-order valence-electron chi connectivity index (χ3n) is 1.84. The molecule has 1 amide bonds. The van der Waals surface area contributed by atoms with Gasteiger partial charge in [-0.25, -0.2) is 0 Å². The number of carbonyl (C=O) groups excluding carboxylic acids is 1. The number of morpholine rings is 1. The molecule has 2 N–H and O–H groups in total. The number of nitrogens with zero attached hydrogens (tertiary/aromatic N) is 2. The SMILES string of the molecule is CN(C)C(=S)OCN1CCOCC1.NC(=O)S. The van der Waals surface area contributed by atoms with Crippen LogP contribution in [0.25, 0.3) is 0 Å². The summed E-state index contributed by atoms with van der Waals surface area (Å²) in [6.45, 7) is 4.00. The number of hydrogen-bond donors (Lipinski definition) is 2. The Hall–Kier alpha value is -0.570. The van der Waals surface area contributed by atoms with Gasteiger partial charge in [-0.2, -0.15) is 0 Å². The van der Waals surface area contributed by atoms with Crippen LogP contribution in [0.15, 0.2) is 0 Å². The number of amides is 1. The van der Waals surface area contributed by atoms with Crippen LogP contribution in [0.5, 0.6) is 0 Å². The Morgan fingerprint density at radius 3 is 2.41 bits per heavy atom. The van der Waals surface area contributed by atoms with Gasteiger partial charge in [0.25, 0.3) is 10.4 Å². The standard InChI is InChI=1S/C8H16N2O2S.CH3NOS/c1-9(2)8(13)12-7-10-3-5-11-6-4-10;2-1(3)4/h3-7H2,1-2H3;(H3,2,3,4). The Labute approximate surface area is 112 Å². The molecule has 1 rings (SSSR count). The molecule has 17 heavy (non-hydrogen) atoms. The lowest BCUT2D eigenvalue weighted by atomic mass is 10.5. The molecule has 100 valence electrons. The minimum Gasteiger partial charge on any atom is -0.455 e. The quantitative estimate of drug-likeness (QED) is 0.554. The Bertz CT molecular complexity index is 242. The highest BCUT2D eigenvalue weighted by Crippen LogP contribution is 1.97. The van der Waals surface area contributed by atoms with Crippen molar-refractivity contribution in [2.45, 2.75) is 0 Å². The number of carbonyl (C=O) groups is 1. The van der Waals surface area contributed by atoms with E-state index in [1.807, 2.05) is 14.1 Å². The Kier molecular flexibility index (Phi) is 9.14. The van der Waals surface area contributed by atoms with E-state index in [9.17, 15) is 0 Å². The van der Waals surface area contributed by atoms with Gasteiger partial charge < -0.3 is 20.1 Å². The van der Waals surface area contributed by atoms with Crippen LogP contribution in [0.3, 0.4) is 0 Å². The van der Waals surface area contributed by atoms with Crippen LogP contribution < -0.4 is 5.73 Å². The first-order valence-corrected chi connectivity index (χ1v) is 5.91. The summed E-state index contributed by atoms with van der Waals surface area (Å²) >= 11 is 8.10. The van der Waals surface area contributed by atoms with E-state index in [0.717, 1.165) is 26.3 Å². The summed E-state index contributed by atoms with van der Waals surface area (Å²) in [5.74, 6) is 0. The highest BCUT2D eigenvalue weighted by Gasteiger charge is 2.11. The van der Waals surface area contributed by atoms with Crippen LogP contribution in [-0.2, 0) is 9.47 Å². The van der Waals surface area contributed by atoms with Crippen molar-refractivity contribution in [1.29, 1.82) is 0 Å². The molecule has 1 aliphatic heterocycles. The molecule has 0 aromatic carbocycles. The average Bonchev–Trinajstić information content (AvgIpc) is 2.26. The fraction of sp³-hybridized carbons (Fsp3) is 0.778. The summed E-state index contributed by atoms with van der Waals surface area (Å²) in [7, 11) is 3.75. The van der Waals surface area contributed by atoms with E-state index < -0.39 is 5.24 Å². The number of rotatable bonds is 2. The van der Waals surface area contributed by atoms with Crippen molar-refractivity contribution in [2.24, 2.45) is 5.73 Å². The maximum atomic E-state index is 9.09. The predicted molar refractivity (Wildman–Crippen MR) is 73.2 cm³/mol. The van der Waals surface area contributed by atoms with Crippen molar-refractivity contribution in [1.82, 2.24) is 9.80 Å². The van der Waals surface area contributed by atoms with E-state index >= 15 is 0 Å². The molecule has 0 spiro atoms. The number of nitrogens with two attached hydrogens (primary N) is 1. The number of thiocarbonyl (C=S) groups is 1. The van der Waals surface area contributed by atoms with Gasteiger partial charge in [-0.3, -0.25) is 9.69 Å². The van der Waals surface area contributed by atoms with Gasteiger partial charge in [-0.1, -0.05) is 12.6 Å². The highest BCUT2D eigenvalue weighted by molar-refractivity contribution is 7.96. The maximum Gasteiger partial charge on any atom is 0.273 e. The third kappa shape index (κ3) is 10.3. The van der Waals surface area contributed by atoms with E-state index in [0.29, 0.717) is 11.9 Å². The maximum absolute atomic E-state index is 9.09. The first-order valence-electron chi connectivity index (χ1n) is 5.06. The lowest BCUT2D eigenvalue weighted by molar-refractivity contribution is -0.00137. The zero-order valence-electron chi connectivity index (χ0n) is 10.1. The number of primary amides is 1. The van der Waals surface area contributed by atoms with Crippen molar-refractivity contribution < 1.29 is 14.3 Å². The molecular weight excluding hydrogens is 262 g/mol. The van der Waals surface area contributed by atoms with Gasteiger partial charge in [-0.05, 0) is 12.2 Å². The van der Waals surface area contributed by atoms with Crippen LogP contribution in [0.2, 0.25) is 0 Å². The van der Waals surface area contributed by atoms with Crippen LogP contribution in [-0.4, -0.2) is 67.3 Å². The summed E-state index contributed by atoms with van der Waals surface area (Å²) in [4.78, 5) is 13.1. The second-order valence-corrected chi connectivity index (χ2v) is 4.29. The molecule has 6 nitrogen and oxygen atoms in total. The number of thiol groups is 1. The molecule has 8 heteroatoms. The molecule has 1 aliphatic rings. The summed E-state index contributed by atoms with van der Waals surface area (Å²) in [5, 5.41) is -0.105. The highest BCUT2D eigenvalue weighted by atomic mass is 32.1. The molecule has 0 aromatic heterocycles. The van der Waals surface area contributed by atoms with E-state index in [1.54, 1.807) is 4.90 Å². The van der Waals surface area contributed by atoms with Crippen molar-refractivity contribution in [3.63, 3.8) is 0 Å². The molecule has 0 radical (unpaired) electrons. The fourth-order valence-electron chi connectivity index (χ4n) is 1.01. The van der Waals surface area contributed by atoms with Gasteiger partial charge in [0, 0.05) is 27.2 Å². The van der Waals surface area contributed by atoms with Gasteiger partial charge in [0.15, 0.2) is 0 Å². The van der Waals surface area contributed by atoms with Crippen LogP contribution >= 0.6 is 24.8 Å². The van der Waals surface area contributed by atoms with Gasteiger partial charge in [0.2, 0.25) is 0 Å². The summed E-state index contributed by atoms with van der Waals surface area (Å²) in [6, 6.07) is 0. The third-order valence-corrected chi connectivity index (χ3v) is 2.32. The number of ether oxygens (including phenoxy) is 2. The molecular formula is C9H19N3O3S2. The fourth-order valence-corrected chi connectivity index (χ4v) is 1.06. The Morgan fingerprint density at radius 2 is 2.00 bits per heavy atom.